The Balaban J connectivity index is 1.41. The van der Waals surface area contributed by atoms with Crippen LogP contribution >= 0.6 is 11.3 Å². The molecule has 28 heavy (non-hydrogen) atoms. The van der Waals surface area contributed by atoms with Crippen LogP contribution in [0.25, 0.3) is 0 Å². The first-order valence-corrected chi connectivity index (χ1v) is 11.9. The maximum Gasteiger partial charge on any atom is 0.213 e. The van der Waals surface area contributed by atoms with Crippen molar-refractivity contribution in [3.8, 4) is 0 Å². The minimum atomic E-state index is -3.35. The largest absolute Gasteiger partial charge is 0.360 e. The molecule has 0 saturated carbocycles. The van der Waals surface area contributed by atoms with E-state index in [2.05, 4.69) is 42.3 Å². The molecule has 152 valence electrons. The van der Waals surface area contributed by atoms with Gasteiger partial charge in [-0.05, 0) is 23.1 Å². The average Bonchev–Trinajstić information content (AvgIpc) is 3.26. The van der Waals surface area contributed by atoms with Crippen LogP contribution in [0.4, 0.5) is 5.00 Å². The van der Waals surface area contributed by atoms with Gasteiger partial charge in [0.1, 0.15) is 0 Å². The van der Waals surface area contributed by atoms with Gasteiger partial charge in [0, 0.05) is 46.3 Å². The Bertz CT molecular complexity index is 846. The van der Waals surface area contributed by atoms with E-state index in [1.165, 1.54) is 5.00 Å². The molecule has 1 aliphatic heterocycles. The lowest BCUT2D eigenvalue weighted by Gasteiger charge is -2.37. The van der Waals surface area contributed by atoms with Gasteiger partial charge in [-0.3, -0.25) is 4.99 Å². The van der Waals surface area contributed by atoms with Crippen LogP contribution in [0.3, 0.4) is 0 Å². The number of benzene rings is 1. The van der Waals surface area contributed by atoms with Gasteiger partial charge in [-0.25, -0.2) is 13.1 Å². The number of guanidine groups is 1. The molecular formula is C19H27N5O2S2. The smallest absolute Gasteiger partial charge is 0.213 e. The summed E-state index contributed by atoms with van der Waals surface area (Å²) in [5.74, 6) is 0.762. The van der Waals surface area contributed by atoms with E-state index in [0.717, 1.165) is 37.7 Å². The van der Waals surface area contributed by atoms with Crippen LogP contribution in [0.1, 0.15) is 5.56 Å². The molecule has 0 amide bonds. The van der Waals surface area contributed by atoms with Gasteiger partial charge >= 0.3 is 0 Å². The van der Waals surface area contributed by atoms with Gasteiger partial charge in [0.15, 0.2) is 5.96 Å². The van der Waals surface area contributed by atoms with E-state index >= 15 is 0 Å². The zero-order valence-corrected chi connectivity index (χ0v) is 17.7. The molecule has 0 aliphatic carbocycles. The van der Waals surface area contributed by atoms with Crippen molar-refractivity contribution in [1.29, 1.82) is 0 Å². The number of aliphatic imine (C=N–C) groups is 1. The highest BCUT2D eigenvalue weighted by Crippen LogP contribution is 2.22. The second-order valence-electron chi connectivity index (χ2n) is 6.52. The molecule has 2 heterocycles. The topological polar surface area (TPSA) is 77.0 Å². The standard InChI is InChI=1S/C19H27N5O2S2/c1-20-19(24-12-10-23(11-13-24)18-8-5-14-27-18)21-9-15-28(25,26)22-16-17-6-3-2-4-7-17/h2-8,14,22H,9-13,15-16H2,1H3,(H,20,21). The highest BCUT2D eigenvalue weighted by atomic mass is 32.2. The highest BCUT2D eigenvalue weighted by Gasteiger charge is 2.20. The number of nitrogens with one attached hydrogen (secondary N) is 2. The van der Waals surface area contributed by atoms with E-state index in [0.29, 0.717) is 13.1 Å². The Morgan fingerprint density at radius 1 is 1.11 bits per heavy atom. The summed E-state index contributed by atoms with van der Waals surface area (Å²) in [7, 11) is -1.61. The van der Waals surface area contributed by atoms with Gasteiger partial charge < -0.3 is 15.1 Å². The Morgan fingerprint density at radius 2 is 1.86 bits per heavy atom. The van der Waals surface area contributed by atoms with Crippen LogP contribution in [-0.2, 0) is 16.6 Å². The molecule has 7 nitrogen and oxygen atoms in total. The number of hydrogen-bond donors (Lipinski definition) is 2. The summed E-state index contributed by atoms with van der Waals surface area (Å²) in [6, 6.07) is 13.7. The molecule has 2 N–H and O–H groups in total. The predicted molar refractivity (Wildman–Crippen MR) is 117 cm³/mol. The van der Waals surface area contributed by atoms with Gasteiger partial charge in [0.05, 0.1) is 10.8 Å². The number of hydrogen-bond acceptors (Lipinski definition) is 5. The SMILES string of the molecule is CN=C(NCCS(=O)(=O)NCc1ccccc1)N1CCN(c2cccs2)CC1. The van der Waals surface area contributed by atoms with Gasteiger partial charge in [0.25, 0.3) is 0 Å². The van der Waals surface area contributed by atoms with E-state index in [9.17, 15) is 8.42 Å². The molecule has 1 fully saturated rings. The first-order valence-electron chi connectivity index (χ1n) is 9.33. The summed E-state index contributed by atoms with van der Waals surface area (Å²) >= 11 is 1.75. The van der Waals surface area contributed by atoms with Crippen molar-refractivity contribution in [3.05, 3.63) is 53.4 Å². The normalized spacial score (nSPS) is 15.7. The Morgan fingerprint density at radius 3 is 2.50 bits per heavy atom. The Kier molecular flexibility index (Phi) is 7.30. The lowest BCUT2D eigenvalue weighted by atomic mass is 10.2. The molecule has 9 heteroatoms. The second-order valence-corrected chi connectivity index (χ2v) is 9.38. The fourth-order valence-electron chi connectivity index (χ4n) is 3.08. The van der Waals surface area contributed by atoms with Crippen molar-refractivity contribution in [3.63, 3.8) is 0 Å². The molecule has 0 radical (unpaired) electrons. The number of piperazine rings is 1. The summed E-state index contributed by atoms with van der Waals surface area (Å²) in [5, 5.41) is 6.57. The lowest BCUT2D eigenvalue weighted by Crippen LogP contribution is -2.53. The van der Waals surface area contributed by atoms with Crippen molar-refractivity contribution in [2.24, 2.45) is 4.99 Å². The zero-order chi connectivity index (χ0) is 19.8. The molecule has 0 spiro atoms. The monoisotopic (exact) mass is 421 g/mol. The number of anilines is 1. The number of sulfonamides is 1. The summed E-state index contributed by atoms with van der Waals surface area (Å²) in [6.07, 6.45) is 0. The fourth-order valence-corrected chi connectivity index (χ4v) is 4.77. The summed E-state index contributed by atoms with van der Waals surface area (Å²) in [4.78, 5) is 8.86. The van der Waals surface area contributed by atoms with Crippen LogP contribution < -0.4 is 14.9 Å². The lowest BCUT2D eigenvalue weighted by molar-refractivity contribution is 0.374. The third-order valence-corrected chi connectivity index (χ3v) is 6.86. The van der Waals surface area contributed by atoms with Gasteiger partial charge in [0.2, 0.25) is 10.0 Å². The third kappa shape index (κ3) is 5.95. The first-order chi connectivity index (χ1) is 13.6. The van der Waals surface area contributed by atoms with Gasteiger partial charge in [-0.1, -0.05) is 30.3 Å². The molecule has 3 rings (SSSR count). The maximum atomic E-state index is 12.2. The average molecular weight is 422 g/mol. The molecule has 1 aromatic heterocycles. The van der Waals surface area contributed by atoms with Gasteiger partial charge in [-0.15, -0.1) is 11.3 Å². The van der Waals surface area contributed by atoms with Crippen LogP contribution in [0.2, 0.25) is 0 Å². The molecule has 0 unspecified atom stereocenters. The molecule has 1 aliphatic rings. The van der Waals surface area contributed by atoms with Gasteiger partial charge in [-0.2, -0.15) is 0 Å². The van der Waals surface area contributed by atoms with E-state index in [4.69, 9.17) is 0 Å². The van der Waals surface area contributed by atoms with Crippen LogP contribution in [-0.4, -0.2) is 64.8 Å². The molecule has 0 atom stereocenters. The molecule has 1 aromatic carbocycles. The Labute approximate surface area is 171 Å². The van der Waals surface area contributed by atoms with Crippen LogP contribution in [0.15, 0.2) is 52.8 Å². The number of thiophene rings is 1. The fraction of sp³-hybridized carbons (Fsp3) is 0.421. The predicted octanol–water partition coefficient (Wildman–Crippen LogP) is 1.57. The third-order valence-electron chi connectivity index (χ3n) is 4.60. The number of nitrogens with zero attached hydrogens (tertiary/aromatic N) is 3. The highest BCUT2D eigenvalue weighted by molar-refractivity contribution is 7.89. The summed E-state index contributed by atoms with van der Waals surface area (Å²) in [6.45, 7) is 4.20. The zero-order valence-electron chi connectivity index (χ0n) is 16.0. The molecule has 0 bridgehead atoms. The minimum absolute atomic E-state index is 0.00795. The van der Waals surface area contributed by atoms with Crippen molar-refractivity contribution >= 4 is 32.3 Å². The first kappa shape index (κ1) is 20.6. The maximum absolute atomic E-state index is 12.2. The molecule has 2 aromatic rings. The van der Waals surface area contributed by atoms with Crippen LogP contribution in [0, 0.1) is 0 Å². The summed E-state index contributed by atoms with van der Waals surface area (Å²) in [5.41, 5.74) is 0.943. The quantitative estimate of drug-likeness (QED) is 0.524. The number of rotatable bonds is 7. The van der Waals surface area contributed by atoms with Crippen molar-refractivity contribution in [2.45, 2.75) is 6.54 Å². The van der Waals surface area contributed by atoms with E-state index in [1.807, 2.05) is 30.3 Å². The molecular weight excluding hydrogens is 394 g/mol. The Hall–Kier alpha value is -2.10. The second kappa shape index (κ2) is 9.90. The van der Waals surface area contributed by atoms with Crippen molar-refractivity contribution in [1.82, 2.24) is 14.9 Å². The van der Waals surface area contributed by atoms with E-state index in [-0.39, 0.29) is 5.75 Å². The van der Waals surface area contributed by atoms with Crippen molar-refractivity contribution < 1.29 is 8.42 Å². The van der Waals surface area contributed by atoms with Crippen molar-refractivity contribution in [2.75, 3.05) is 50.4 Å². The molecule has 1 saturated heterocycles. The van der Waals surface area contributed by atoms with Crippen LogP contribution in [0.5, 0.6) is 0 Å². The summed E-state index contributed by atoms with van der Waals surface area (Å²) < 4.78 is 27.1. The van der Waals surface area contributed by atoms with E-state index in [1.54, 1.807) is 18.4 Å². The van der Waals surface area contributed by atoms with E-state index < -0.39 is 10.0 Å². The minimum Gasteiger partial charge on any atom is -0.360 e.